The molecule has 2 aromatic rings. The zero-order valence-electron chi connectivity index (χ0n) is 30.4. The number of halogens is 1. The fourth-order valence-corrected chi connectivity index (χ4v) is 8.40. The third-order valence-electron chi connectivity index (χ3n) is 9.67. The molecule has 49 heavy (non-hydrogen) atoms. The van der Waals surface area contributed by atoms with Gasteiger partial charge in [0.2, 0.25) is 11.9 Å². The Morgan fingerprint density at radius 1 is 1.08 bits per heavy atom. The first-order valence-corrected chi connectivity index (χ1v) is 19.1. The van der Waals surface area contributed by atoms with Crippen LogP contribution in [0.3, 0.4) is 0 Å². The van der Waals surface area contributed by atoms with Crippen LogP contribution in [0.15, 0.2) is 84.4 Å². The van der Waals surface area contributed by atoms with Crippen LogP contribution in [0.2, 0.25) is 11.8 Å². The monoisotopic (exact) mass is 703 g/mol. The maximum atomic E-state index is 12.2. The van der Waals surface area contributed by atoms with Gasteiger partial charge in [0.15, 0.2) is 0 Å². The number of hydrogen-bond acceptors (Lipinski definition) is 5. The average molecular weight is 704 g/mol. The number of hydrogen-bond donors (Lipinski definition) is 1. The van der Waals surface area contributed by atoms with Gasteiger partial charge in [-0.25, -0.2) is 16.4 Å². The van der Waals surface area contributed by atoms with E-state index in [0.29, 0.717) is 30.3 Å². The van der Waals surface area contributed by atoms with Crippen molar-refractivity contribution in [2.24, 2.45) is 5.41 Å². The number of rotatable bonds is 4. The van der Waals surface area contributed by atoms with Gasteiger partial charge >= 0.3 is 6.09 Å². The van der Waals surface area contributed by atoms with E-state index in [2.05, 4.69) is 59.5 Å². The molecule has 1 atom stereocenters. The Kier molecular flexibility index (Phi) is 14.1. The van der Waals surface area contributed by atoms with Gasteiger partial charge in [0, 0.05) is 43.0 Å². The Labute approximate surface area is 304 Å². The van der Waals surface area contributed by atoms with Gasteiger partial charge in [-0.2, -0.15) is 0 Å². The Morgan fingerprint density at radius 3 is 2.35 bits per heavy atom. The van der Waals surface area contributed by atoms with E-state index in [-0.39, 0.29) is 12.1 Å². The molecule has 3 aliphatic heterocycles. The van der Waals surface area contributed by atoms with Crippen LogP contribution in [0, 0.1) is 12.3 Å². The molecule has 0 radical (unpaired) electrons. The number of ether oxygens (including phenoxy) is 1. The summed E-state index contributed by atoms with van der Waals surface area (Å²) >= 11 is 7.72. The molecule has 0 bridgehead atoms. The number of amides is 2. The molecule has 2 fully saturated rings. The van der Waals surface area contributed by atoms with Gasteiger partial charge in [0.05, 0.1) is 6.04 Å². The Morgan fingerprint density at radius 2 is 1.73 bits per heavy atom. The SMILES string of the molecule is C=CC1Cc2ccccc2CN1C(=O)OC(C)(C)C.CNCCC(=O)N1CCC2(CC1)CSB(C)C1=CCCC=C12.Cc1ccc(Cl)cc1. The van der Waals surface area contributed by atoms with E-state index in [1.54, 1.807) is 15.9 Å². The van der Waals surface area contributed by atoms with Crippen LogP contribution in [-0.2, 0) is 22.5 Å². The van der Waals surface area contributed by atoms with Gasteiger partial charge < -0.3 is 15.0 Å². The zero-order chi connectivity index (χ0) is 35.6. The predicted molar refractivity (Wildman–Crippen MR) is 208 cm³/mol. The minimum Gasteiger partial charge on any atom is -0.444 e. The number of nitrogens with zero attached hydrogens (tertiary/aromatic N) is 2. The molecule has 264 valence electrons. The minimum absolute atomic E-state index is 0.00440. The molecule has 1 aliphatic carbocycles. The van der Waals surface area contributed by atoms with Crippen molar-refractivity contribution in [3.63, 3.8) is 0 Å². The van der Waals surface area contributed by atoms with Crippen LogP contribution in [0.1, 0.15) is 69.6 Å². The first-order chi connectivity index (χ1) is 23.4. The van der Waals surface area contributed by atoms with E-state index in [1.165, 1.54) is 35.3 Å². The van der Waals surface area contributed by atoms with E-state index >= 15 is 0 Å². The molecule has 4 aliphatic rings. The summed E-state index contributed by atoms with van der Waals surface area (Å²) in [4.78, 5) is 28.3. The standard InChI is InChI=1S/C17H27BN2OS.C16H21NO2.C7H7Cl/c1-18-15-6-4-3-5-14(15)17(13-22-18)8-11-20(12-9-17)16(21)7-10-19-2;1-5-14-10-12-8-6-7-9-13(12)11-17(14)15(18)19-16(2,3)4;1-6-2-4-7(8)5-3-6/h5-6,19H,3-4,7-13H2,1-2H3;5-9,14H,1,10-11H2,2-4H3;2-5H,1H3. The molecule has 0 saturated carbocycles. The number of piperidine rings is 1. The summed E-state index contributed by atoms with van der Waals surface area (Å²) in [6.45, 7) is 17.1. The molecule has 1 N–H and O–H groups in total. The third kappa shape index (κ3) is 10.8. The van der Waals surface area contributed by atoms with Crippen LogP contribution < -0.4 is 5.32 Å². The molecule has 1 unspecified atom stereocenters. The molecule has 1 spiro atoms. The number of benzene rings is 2. The van der Waals surface area contributed by atoms with Crippen molar-refractivity contribution in [3.05, 3.63) is 106 Å². The average Bonchev–Trinajstić information content (AvgIpc) is 3.10. The minimum atomic E-state index is -0.472. The fourth-order valence-electron chi connectivity index (χ4n) is 6.85. The summed E-state index contributed by atoms with van der Waals surface area (Å²) in [6, 6.07) is 16.0. The number of carbonyl (C=O) groups excluding carboxylic acids is 2. The lowest BCUT2D eigenvalue weighted by atomic mass is 9.56. The van der Waals surface area contributed by atoms with Crippen molar-refractivity contribution in [1.29, 1.82) is 0 Å². The maximum absolute atomic E-state index is 12.2. The molecule has 9 heteroatoms. The number of aryl methyl sites for hydroxylation is 1. The van der Waals surface area contributed by atoms with Crippen molar-refractivity contribution in [1.82, 2.24) is 15.1 Å². The largest absolute Gasteiger partial charge is 0.444 e. The van der Waals surface area contributed by atoms with Crippen LogP contribution in [-0.4, -0.2) is 71.9 Å². The van der Waals surface area contributed by atoms with Crippen molar-refractivity contribution in [2.45, 2.75) is 91.2 Å². The van der Waals surface area contributed by atoms with Crippen molar-refractivity contribution in [2.75, 3.05) is 32.4 Å². The smallest absolute Gasteiger partial charge is 0.411 e. The molecule has 0 aromatic heterocycles. The topological polar surface area (TPSA) is 61.9 Å². The lowest BCUT2D eigenvalue weighted by Crippen LogP contribution is -2.48. The molecule has 6 rings (SSSR count). The van der Waals surface area contributed by atoms with E-state index in [0.717, 1.165) is 43.9 Å². The first-order valence-electron chi connectivity index (χ1n) is 17.7. The van der Waals surface area contributed by atoms with Crippen molar-refractivity contribution in [3.8, 4) is 0 Å². The van der Waals surface area contributed by atoms with Crippen molar-refractivity contribution >= 4 is 41.2 Å². The molecular formula is C40H55BClN3O3S. The first kappa shape index (κ1) is 38.9. The lowest BCUT2D eigenvalue weighted by molar-refractivity contribution is -0.132. The number of likely N-dealkylation sites (tertiary alicyclic amines) is 1. The number of carbonyl (C=O) groups is 2. The molecule has 2 aromatic carbocycles. The second-order valence-electron chi connectivity index (χ2n) is 14.5. The van der Waals surface area contributed by atoms with E-state index < -0.39 is 5.60 Å². The van der Waals surface area contributed by atoms with Gasteiger partial charge in [-0.1, -0.05) is 84.1 Å². The summed E-state index contributed by atoms with van der Waals surface area (Å²) in [5, 5.41) is 3.87. The van der Waals surface area contributed by atoms with Crippen LogP contribution in [0.25, 0.3) is 0 Å². The summed E-state index contributed by atoms with van der Waals surface area (Å²) < 4.78 is 5.46. The number of nitrogens with one attached hydrogen (secondary N) is 1. The molecule has 6 nitrogen and oxygen atoms in total. The summed E-state index contributed by atoms with van der Waals surface area (Å²) in [7, 11) is 1.91. The van der Waals surface area contributed by atoms with Gasteiger partial charge in [-0.15, -0.1) is 6.58 Å². The number of allylic oxidation sites excluding steroid dienone is 4. The highest BCUT2D eigenvalue weighted by Gasteiger charge is 2.45. The fraction of sp³-hybridized carbons (Fsp3) is 0.500. The highest BCUT2D eigenvalue weighted by Crippen LogP contribution is 2.51. The second kappa shape index (κ2) is 17.8. The summed E-state index contributed by atoms with van der Waals surface area (Å²) in [5.74, 6) is 2.19. The Bertz CT molecular complexity index is 1470. The molecule has 2 amide bonds. The lowest BCUT2D eigenvalue weighted by Gasteiger charge is -2.48. The Hall–Kier alpha value is -2.94. The third-order valence-corrected chi connectivity index (χ3v) is 11.4. The van der Waals surface area contributed by atoms with Crippen molar-refractivity contribution < 1.29 is 14.3 Å². The maximum Gasteiger partial charge on any atom is 0.411 e. The van der Waals surface area contributed by atoms with E-state index in [9.17, 15) is 9.59 Å². The van der Waals surface area contributed by atoms with Crippen LogP contribution >= 0.6 is 23.2 Å². The molecular weight excluding hydrogens is 649 g/mol. The van der Waals surface area contributed by atoms with E-state index in [4.69, 9.17) is 16.3 Å². The van der Waals surface area contributed by atoms with E-state index in [1.807, 2.05) is 77.2 Å². The molecule has 2 saturated heterocycles. The van der Waals surface area contributed by atoms with Crippen LogP contribution in [0.4, 0.5) is 4.79 Å². The van der Waals surface area contributed by atoms with Gasteiger partial charge in [0.25, 0.3) is 0 Å². The quantitative estimate of drug-likeness (QED) is 0.255. The van der Waals surface area contributed by atoms with Gasteiger partial charge in [0.1, 0.15) is 5.60 Å². The van der Waals surface area contributed by atoms with Crippen LogP contribution in [0.5, 0.6) is 0 Å². The highest BCUT2D eigenvalue weighted by molar-refractivity contribution is 8.26. The molecule has 3 heterocycles. The summed E-state index contributed by atoms with van der Waals surface area (Å²) in [5.41, 5.74) is 6.81. The second-order valence-corrected chi connectivity index (χ2v) is 16.3. The number of fused-ring (bicyclic) bond motifs is 3. The normalized spacial score (nSPS) is 19.5. The predicted octanol–water partition coefficient (Wildman–Crippen LogP) is 8.94. The summed E-state index contributed by atoms with van der Waals surface area (Å²) in [6.07, 6.45) is 12.6. The van der Waals surface area contributed by atoms with Gasteiger partial charge in [-0.3, -0.25) is 9.69 Å². The Balaban J connectivity index is 0.000000182. The van der Waals surface area contributed by atoms with Gasteiger partial charge in [-0.05, 0) is 101 Å². The highest BCUT2D eigenvalue weighted by atomic mass is 35.5. The zero-order valence-corrected chi connectivity index (χ0v) is 32.0.